The average Bonchev–Trinajstić information content (AvgIpc) is 2.20. The van der Waals surface area contributed by atoms with Crippen LogP contribution >= 0.6 is 0 Å². The molecule has 0 aliphatic rings. The molecule has 12 heavy (non-hydrogen) atoms. The molecule has 0 rings (SSSR count). The van der Waals surface area contributed by atoms with Gasteiger partial charge < -0.3 is 65.3 Å². The molecule has 0 aromatic carbocycles. The second-order valence-corrected chi connectivity index (χ2v) is 0. The fraction of sp³-hybridized carbons (Fsp3) is 0. The molecule has 0 aromatic rings. The van der Waals surface area contributed by atoms with E-state index in [1.165, 1.54) is 0 Å². The predicted molar refractivity (Wildman–Crippen MR) is 34.9 cm³/mol. The Morgan fingerprint density at radius 1 is 0.417 bits per heavy atom. The maximum absolute atomic E-state index is 7.50. The first-order valence-corrected chi connectivity index (χ1v) is 1.02. The fourth-order valence-electron chi connectivity index (χ4n) is 0. The summed E-state index contributed by atoms with van der Waals surface area (Å²) in [7, 11) is 0. The third kappa shape index (κ3) is 631. The van der Waals surface area contributed by atoms with Crippen molar-refractivity contribution in [3.8, 4) is 0 Å². The second kappa shape index (κ2) is 887. The minimum Gasteiger partial charge on any atom is -0.573 e. The molecule has 0 unspecified atom stereocenters. The first-order valence-electron chi connectivity index (χ1n) is 1.02. The molecule has 0 saturated carbocycles. The molecule has 5 radical (unpaired) electrons. The summed E-state index contributed by atoms with van der Waals surface area (Å²) in [6, 6.07) is 0. The SMILES string of the molecule is [C-]=O.[C-]=O.[C-]=O.[C-]=O.[C-]=O.[CH3-].[Mo]. The summed E-state index contributed by atoms with van der Waals surface area (Å²) in [6.07, 6.45) is 0. The van der Waals surface area contributed by atoms with E-state index in [1.54, 1.807) is 0 Å². The van der Waals surface area contributed by atoms with Crippen LogP contribution < -0.4 is 0 Å². The van der Waals surface area contributed by atoms with Gasteiger partial charge in [0.05, 0.1) is 0 Å². The zero-order valence-corrected chi connectivity index (χ0v) is 7.96. The molecule has 0 spiro atoms. The quantitative estimate of drug-likeness (QED) is 0.385. The van der Waals surface area contributed by atoms with Gasteiger partial charge >= 0.3 is 0 Å². The monoisotopic (exact) mass is 253 g/mol. The normalized spacial score (nSPS) is 1.67. The summed E-state index contributed by atoms with van der Waals surface area (Å²) in [4.78, 5) is 37.5. The van der Waals surface area contributed by atoms with E-state index in [9.17, 15) is 0 Å². The van der Waals surface area contributed by atoms with Gasteiger partial charge in [-0.2, -0.15) is 0 Å². The Bertz CT molecular complexity index is 27.5. The van der Waals surface area contributed by atoms with Crippen LogP contribution in [-0.4, -0.2) is 33.9 Å². The van der Waals surface area contributed by atoms with Crippen molar-refractivity contribution in [1.29, 1.82) is 0 Å². The van der Waals surface area contributed by atoms with E-state index < -0.39 is 0 Å². The van der Waals surface area contributed by atoms with Gasteiger partial charge in [-0.1, -0.05) is 0 Å². The van der Waals surface area contributed by atoms with Crippen molar-refractivity contribution in [2.45, 2.75) is 0 Å². The number of hydrogen-bond acceptors (Lipinski definition) is 5. The van der Waals surface area contributed by atoms with Crippen molar-refractivity contribution in [2.24, 2.45) is 0 Å². The van der Waals surface area contributed by atoms with Crippen LogP contribution in [0, 0.1) is 7.43 Å². The van der Waals surface area contributed by atoms with E-state index in [0.717, 1.165) is 0 Å². The van der Waals surface area contributed by atoms with Crippen molar-refractivity contribution >= 4 is 33.9 Å². The van der Waals surface area contributed by atoms with Crippen LogP contribution in [0.15, 0.2) is 0 Å². The first-order chi connectivity index (χ1) is 5.00. The van der Waals surface area contributed by atoms with E-state index in [2.05, 4.69) is 33.9 Å². The third-order valence-corrected chi connectivity index (χ3v) is 0. The van der Waals surface area contributed by atoms with Gasteiger partial charge in [0.25, 0.3) is 0 Å². The molecule has 0 atom stereocenters. The molecule has 0 aliphatic carbocycles. The second-order valence-electron chi connectivity index (χ2n) is 0. The molecule has 6 heteroatoms. The van der Waals surface area contributed by atoms with Crippen LogP contribution in [0.5, 0.6) is 0 Å². The largest absolute Gasteiger partial charge is 0.573 e. The van der Waals surface area contributed by atoms with Gasteiger partial charge in [0.1, 0.15) is 0 Å². The standard InChI is InChI=1S/5CO.CH3.Mo/c5*1-2;;/h;;;;;1H3;/q6*-1;. The molecule has 0 fully saturated rings. The van der Waals surface area contributed by atoms with Crippen LogP contribution in [0.25, 0.3) is 0 Å². The minimum absolute atomic E-state index is 0. The van der Waals surface area contributed by atoms with E-state index in [0.29, 0.717) is 0 Å². The molecule has 0 bridgehead atoms. The van der Waals surface area contributed by atoms with E-state index in [1.807, 2.05) is 0 Å². The van der Waals surface area contributed by atoms with Crippen molar-refractivity contribution in [2.75, 3.05) is 0 Å². The first kappa shape index (κ1) is 68.2. The van der Waals surface area contributed by atoms with Gasteiger partial charge in [-0.3, -0.25) is 0 Å². The fourth-order valence-corrected chi connectivity index (χ4v) is 0. The molecule has 0 N–H and O–H groups in total. The van der Waals surface area contributed by atoms with Crippen LogP contribution in [0.3, 0.4) is 0 Å². The Kier molecular flexibility index (Phi) is 5040. The smallest absolute Gasteiger partial charge is 0 e. The van der Waals surface area contributed by atoms with Crippen molar-refractivity contribution in [1.82, 2.24) is 0 Å². The van der Waals surface area contributed by atoms with Gasteiger partial charge in [0, 0.05) is 21.1 Å². The topological polar surface area (TPSA) is 85.3 Å². The Balaban J connectivity index is -0.00000000500. The zero-order chi connectivity index (χ0) is 10.0. The molecule has 69 valence electrons. The van der Waals surface area contributed by atoms with Crippen LogP contribution in [-0.2, 0) is 45.0 Å². The molecule has 0 amide bonds. The Morgan fingerprint density at radius 2 is 0.417 bits per heavy atom. The van der Waals surface area contributed by atoms with Crippen molar-refractivity contribution < 1.29 is 45.0 Å². The summed E-state index contributed by atoms with van der Waals surface area (Å²) >= 11 is 0. The summed E-state index contributed by atoms with van der Waals surface area (Å²) in [5.74, 6) is 0. The van der Waals surface area contributed by atoms with Gasteiger partial charge in [-0.25, -0.2) is 0 Å². The van der Waals surface area contributed by atoms with Gasteiger partial charge in [-0.15, -0.1) is 0 Å². The Morgan fingerprint density at radius 3 is 0.417 bits per heavy atom. The van der Waals surface area contributed by atoms with E-state index >= 15 is 0 Å². The predicted octanol–water partition coefficient (Wildman–Crippen LogP) is -1.54. The van der Waals surface area contributed by atoms with Crippen LogP contribution in [0.2, 0.25) is 0 Å². The Labute approximate surface area is 86.8 Å². The molecule has 5 nitrogen and oxygen atoms in total. The summed E-state index contributed by atoms with van der Waals surface area (Å²) < 4.78 is 0. The van der Waals surface area contributed by atoms with E-state index in [-0.39, 0.29) is 28.5 Å². The number of carbonyl (C=O) groups excluding carboxylic acids is 5. The Hall–Kier alpha value is -0.962. The molecule has 0 heterocycles. The zero-order valence-electron chi connectivity index (χ0n) is 5.95. The molecular formula is C6H3MoO5-6. The maximum atomic E-state index is 7.50. The maximum Gasteiger partial charge on any atom is 0 e. The van der Waals surface area contributed by atoms with Crippen LogP contribution in [0.1, 0.15) is 0 Å². The van der Waals surface area contributed by atoms with Gasteiger partial charge in [0.15, 0.2) is 0 Å². The van der Waals surface area contributed by atoms with Crippen molar-refractivity contribution in [3.63, 3.8) is 0 Å². The van der Waals surface area contributed by atoms with Crippen LogP contribution in [0.4, 0.5) is 0 Å². The van der Waals surface area contributed by atoms with Crippen molar-refractivity contribution in [3.05, 3.63) is 7.43 Å². The molecular weight excluding hydrogens is 248 g/mol. The van der Waals surface area contributed by atoms with Gasteiger partial charge in [0.2, 0.25) is 0 Å². The molecule has 0 aliphatic heterocycles. The minimum atomic E-state index is 0. The third-order valence-electron chi connectivity index (χ3n) is 0. The summed E-state index contributed by atoms with van der Waals surface area (Å²) in [6.45, 7) is 22.5. The number of hydrogen-bond donors (Lipinski definition) is 0. The van der Waals surface area contributed by atoms with Gasteiger partial charge in [-0.05, 0) is 0 Å². The number of rotatable bonds is 0. The average molecular weight is 251 g/mol. The summed E-state index contributed by atoms with van der Waals surface area (Å²) in [5.41, 5.74) is 0. The molecule has 0 saturated heterocycles. The van der Waals surface area contributed by atoms with E-state index in [4.69, 9.17) is 24.0 Å². The molecule has 0 aromatic heterocycles. The summed E-state index contributed by atoms with van der Waals surface area (Å²) in [5, 5.41) is 0.